The minimum Gasteiger partial charge on any atom is -0.451 e. The molecule has 0 aliphatic heterocycles. The number of hydrogen-bond acceptors (Lipinski definition) is 4. The largest absolute Gasteiger partial charge is 0.451 e. The van der Waals surface area contributed by atoms with Gasteiger partial charge in [0.15, 0.2) is 11.2 Å². The molecule has 0 fully saturated rings. The number of hydrogen-bond donors (Lipinski definition) is 1. The maximum absolute atomic E-state index is 12.6. The van der Waals surface area contributed by atoms with Gasteiger partial charge in [0.25, 0.3) is 5.91 Å². The summed E-state index contributed by atoms with van der Waals surface area (Å²) in [6.45, 7) is 6.38. The molecule has 1 N–H and O–H groups in total. The molecule has 0 radical (unpaired) electrons. The molecule has 1 atom stereocenters. The second kappa shape index (κ2) is 8.64. The number of amides is 1. The summed E-state index contributed by atoms with van der Waals surface area (Å²) in [5, 5.41) is 3.40. The molecule has 3 rings (SSSR count). The van der Waals surface area contributed by atoms with Crippen molar-refractivity contribution >= 4 is 16.9 Å². The molecule has 0 aliphatic rings. The molecule has 1 aromatic heterocycles. The van der Waals surface area contributed by atoms with Gasteiger partial charge in [-0.05, 0) is 30.8 Å². The van der Waals surface area contributed by atoms with Crippen LogP contribution in [0.4, 0.5) is 0 Å². The van der Waals surface area contributed by atoms with Gasteiger partial charge in [0.05, 0.1) is 11.4 Å². The van der Waals surface area contributed by atoms with E-state index in [-0.39, 0.29) is 23.1 Å². The Hall–Kier alpha value is -2.92. The third kappa shape index (κ3) is 4.26. The first kappa shape index (κ1) is 18.9. The molecule has 27 heavy (non-hydrogen) atoms. The molecule has 5 heteroatoms. The summed E-state index contributed by atoms with van der Waals surface area (Å²) in [4.78, 5) is 27.1. The summed E-state index contributed by atoms with van der Waals surface area (Å²) in [5.74, 6) is -0.351. The standard InChI is InChI=1S/C22H24N2O3/c1-3-24(4-2)18(16-10-6-5-7-11-16)15-23-22(26)21-14-19(25)17-12-8-9-13-20(17)27-21/h5-14,18H,3-4,15H2,1-2H3,(H,23,26)/t18-/m1/s1. The number of nitrogens with one attached hydrogen (secondary N) is 1. The maximum atomic E-state index is 12.6. The van der Waals surface area contributed by atoms with Gasteiger partial charge in [-0.3, -0.25) is 14.5 Å². The van der Waals surface area contributed by atoms with Crippen LogP contribution in [0.1, 0.15) is 36.0 Å². The van der Waals surface area contributed by atoms with Gasteiger partial charge in [-0.25, -0.2) is 0 Å². The Labute approximate surface area is 158 Å². The van der Waals surface area contributed by atoms with Gasteiger partial charge in [0, 0.05) is 12.6 Å². The zero-order valence-electron chi connectivity index (χ0n) is 15.6. The molecular formula is C22H24N2O3. The predicted molar refractivity (Wildman–Crippen MR) is 107 cm³/mol. The van der Waals surface area contributed by atoms with E-state index in [0.717, 1.165) is 18.7 Å². The molecule has 140 valence electrons. The minimum absolute atomic E-state index is 0.0325. The van der Waals surface area contributed by atoms with Crippen LogP contribution in [0.5, 0.6) is 0 Å². The highest BCUT2D eigenvalue weighted by Crippen LogP contribution is 2.20. The summed E-state index contributed by atoms with van der Waals surface area (Å²) >= 11 is 0. The predicted octanol–water partition coefficient (Wildman–Crippen LogP) is 3.61. The Morgan fingerprint density at radius 2 is 1.70 bits per heavy atom. The van der Waals surface area contributed by atoms with Crippen molar-refractivity contribution in [3.63, 3.8) is 0 Å². The van der Waals surface area contributed by atoms with E-state index in [9.17, 15) is 9.59 Å². The van der Waals surface area contributed by atoms with Crippen LogP contribution < -0.4 is 10.7 Å². The fourth-order valence-corrected chi connectivity index (χ4v) is 3.29. The molecule has 2 aromatic carbocycles. The van der Waals surface area contributed by atoms with E-state index in [4.69, 9.17) is 4.42 Å². The lowest BCUT2D eigenvalue weighted by atomic mass is 10.1. The van der Waals surface area contributed by atoms with Crippen LogP contribution in [-0.4, -0.2) is 30.4 Å². The summed E-state index contributed by atoms with van der Waals surface area (Å²) in [6.07, 6.45) is 0. The van der Waals surface area contributed by atoms with Gasteiger partial charge >= 0.3 is 0 Å². The third-order valence-electron chi connectivity index (χ3n) is 4.75. The first-order valence-corrected chi connectivity index (χ1v) is 9.24. The zero-order chi connectivity index (χ0) is 19.2. The van der Waals surface area contributed by atoms with Crippen LogP contribution in [0.2, 0.25) is 0 Å². The number of carbonyl (C=O) groups is 1. The summed E-state index contributed by atoms with van der Waals surface area (Å²) in [5.41, 5.74) is 1.34. The average molecular weight is 364 g/mol. The molecule has 0 saturated heterocycles. The minimum atomic E-state index is -0.383. The van der Waals surface area contributed by atoms with E-state index in [0.29, 0.717) is 17.5 Å². The highest BCUT2D eigenvalue weighted by atomic mass is 16.3. The Bertz CT molecular complexity index is 962. The molecule has 0 unspecified atom stereocenters. The molecule has 0 aliphatic carbocycles. The van der Waals surface area contributed by atoms with E-state index >= 15 is 0 Å². The molecule has 1 heterocycles. The Kier molecular flexibility index (Phi) is 6.04. The van der Waals surface area contributed by atoms with E-state index in [1.807, 2.05) is 18.2 Å². The number of likely N-dealkylation sites (N-methyl/N-ethyl adjacent to an activating group) is 1. The highest BCUT2D eigenvalue weighted by molar-refractivity contribution is 5.93. The summed E-state index contributed by atoms with van der Waals surface area (Å²) in [7, 11) is 0. The van der Waals surface area contributed by atoms with E-state index in [2.05, 4.69) is 36.2 Å². The zero-order valence-corrected chi connectivity index (χ0v) is 15.6. The lowest BCUT2D eigenvalue weighted by Gasteiger charge is -2.30. The molecule has 0 spiro atoms. The van der Waals surface area contributed by atoms with Crippen molar-refractivity contribution in [2.75, 3.05) is 19.6 Å². The van der Waals surface area contributed by atoms with Crippen molar-refractivity contribution in [2.24, 2.45) is 0 Å². The van der Waals surface area contributed by atoms with Crippen LogP contribution in [0.25, 0.3) is 11.0 Å². The summed E-state index contributed by atoms with van der Waals surface area (Å²) in [6, 6.07) is 18.3. The van der Waals surface area contributed by atoms with Gasteiger partial charge in [-0.15, -0.1) is 0 Å². The van der Waals surface area contributed by atoms with Crippen LogP contribution >= 0.6 is 0 Å². The van der Waals surface area contributed by atoms with Crippen molar-refractivity contribution < 1.29 is 9.21 Å². The van der Waals surface area contributed by atoms with Gasteiger partial charge in [0.1, 0.15) is 5.58 Å². The molecule has 1 amide bonds. The van der Waals surface area contributed by atoms with Crippen molar-refractivity contribution in [2.45, 2.75) is 19.9 Å². The molecule has 0 saturated carbocycles. The molecule has 0 bridgehead atoms. The van der Waals surface area contributed by atoms with Crippen LogP contribution in [-0.2, 0) is 0 Å². The van der Waals surface area contributed by atoms with Crippen molar-refractivity contribution in [1.29, 1.82) is 0 Å². The lowest BCUT2D eigenvalue weighted by Crippen LogP contribution is -2.38. The van der Waals surface area contributed by atoms with Gasteiger partial charge in [-0.1, -0.05) is 56.3 Å². The molecule has 3 aromatic rings. The Morgan fingerprint density at radius 3 is 2.41 bits per heavy atom. The smallest absolute Gasteiger partial charge is 0.287 e. The summed E-state index contributed by atoms with van der Waals surface area (Å²) < 4.78 is 5.63. The number of para-hydroxylation sites is 1. The topological polar surface area (TPSA) is 62.6 Å². The van der Waals surface area contributed by atoms with Crippen molar-refractivity contribution in [3.05, 3.63) is 82.2 Å². The van der Waals surface area contributed by atoms with Crippen molar-refractivity contribution in [1.82, 2.24) is 10.2 Å². The van der Waals surface area contributed by atoms with E-state index in [1.54, 1.807) is 24.3 Å². The number of nitrogens with zero attached hydrogens (tertiary/aromatic N) is 1. The lowest BCUT2D eigenvalue weighted by molar-refractivity contribution is 0.0908. The molecule has 5 nitrogen and oxygen atoms in total. The first-order chi connectivity index (χ1) is 13.1. The van der Waals surface area contributed by atoms with Gasteiger partial charge < -0.3 is 9.73 Å². The van der Waals surface area contributed by atoms with Gasteiger partial charge in [0.2, 0.25) is 0 Å². The Morgan fingerprint density at radius 1 is 1.04 bits per heavy atom. The van der Waals surface area contributed by atoms with Crippen LogP contribution in [0.3, 0.4) is 0 Å². The number of carbonyl (C=O) groups excluding carboxylic acids is 1. The molecular weight excluding hydrogens is 340 g/mol. The normalized spacial score (nSPS) is 12.3. The van der Waals surface area contributed by atoms with Crippen molar-refractivity contribution in [3.8, 4) is 0 Å². The SMILES string of the molecule is CCN(CC)[C@H](CNC(=O)c1cc(=O)c2ccccc2o1)c1ccccc1. The maximum Gasteiger partial charge on any atom is 0.287 e. The van der Waals surface area contributed by atoms with Gasteiger partial charge in [-0.2, -0.15) is 0 Å². The van der Waals surface area contributed by atoms with Crippen LogP contribution in [0, 0.1) is 0 Å². The van der Waals surface area contributed by atoms with E-state index < -0.39 is 0 Å². The quantitative estimate of drug-likeness (QED) is 0.696. The average Bonchev–Trinajstić information content (AvgIpc) is 2.71. The van der Waals surface area contributed by atoms with Crippen LogP contribution in [0.15, 0.2) is 69.9 Å². The fourth-order valence-electron chi connectivity index (χ4n) is 3.29. The Balaban J connectivity index is 1.81. The highest BCUT2D eigenvalue weighted by Gasteiger charge is 2.20. The monoisotopic (exact) mass is 364 g/mol. The third-order valence-corrected chi connectivity index (χ3v) is 4.75. The van der Waals surface area contributed by atoms with E-state index in [1.165, 1.54) is 6.07 Å². The second-order valence-corrected chi connectivity index (χ2v) is 6.33. The number of benzene rings is 2. The first-order valence-electron chi connectivity index (χ1n) is 9.24. The fraction of sp³-hybridized carbons (Fsp3) is 0.273. The number of rotatable bonds is 7. The second-order valence-electron chi connectivity index (χ2n) is 6.33. The number of fused-ring (bicyclic) bond motifs is 1.